The Morgan fingerprint density at radius 3 is 2.44 bits per heavy atom. The van der Waals surface area contributed by atoms with Gasteiger partial charge in [-0.2, -0.15) is 0 Å². The zero-order valence-electron chi connectivity index (χ0n) is 4.71. The molecule has 1 rings (SSSR count). The average Bonchev–Trinajstić information content (AvgIpc) is 2.08. The van der Waals surface area contributed by atoms with E-state index in [0.29, 0.717) is 13.0 Å². The summed E-state index contributed by atoms with van der Waals surface area (Å²) < 4.78 is 25.9. The van der Waals surface area contributed by atoms with Gasteiger partial charge in [0.1, 0.15) is 5.25 Å². The summed E-state index contributed by atoms with van der Waals surface area (Å²) in [6.07, 6.45) is 0.534. The van der Waals surface area contributed by atoms with Crippen molar-refractivity contribution in [2.45, 2.75) is 11.7 Å². The second-order valence-electron chi connectivity index (χ2n) is 1.96. The minimum absolute atomic E-state index is 0.256. The third-order valence-electron chi connectivity index (χ3n) is 1.29. The van der Waals surface area contributed by atoms with Gasteiger partial charge >= 0.3 is 0 Å². The first-order valence-electron chi connectivity index (χ1n) is 2.62. The maximum absolute atomic E-state index is 10.5. The molecule has 0 N–H and O–H groups in total. The quantitative estimate of drug-likeness (QED) is 0.534. The molecule has 1 fully saturated rings. The Morgan fingerprint density at radius 2 is 2.22 bits per heavy atom. The van der Waals surface area contributed by atoms with E-state index in [4.69, 9.17) is 15.4 Å². The normalized spacial score (nSPS) is 28.8. The van der Waals surface area contributed by atoms with Gasteiger partial charge in [-0.15, -0.1) is 0 Å². The predicted molar refractivity (Wildman–Crippen MR) is 34.0 cm³/mol. The van der Waals surface area contributed by atoms with E-state index < -0.39 is 14.3 Å². The second kappa shape index (κ2) is 2.44. The van der Waals surface area contributed by atoms with Crippen LogP contribution in [0.4, 0.5) is 0 Å². The lowest BCUT2D eigenvalue weighted by Gasteiger charge is -1.98. The first-order valence-corrected chi connectivity index (χ1v) is 4.99. The van der Waals surface area contributed by atoms with Gasteiger partial charge in [0.05, 0.1) is 6.61 Å². The fraction of sp³-hybridized carbons (Fsp3) is 1.00. The monoisotopic (exact) mass is 170 g/mol. The van der Waals surface area contributed by atoms with Gasteiger partial charge in [0.2, 0.25) is 9.05 Å². The molecule has 0 aliphatic carbocycles. The highest BCUT2D eigenvalue weighted by Gasteiger charge is 2.27. The van der Waals surface area contributed by atoms with E-state index in [1.165, 1.54) is 0 Å². The highest BCUT2D eigenvalue weighted by Crippen LogP contribution is 2.16. The zero-order chi connectivity index (χ0) is 6.91. The lowest BCUT2D eigenvalue weighted by atomic mass is 10.4. The van der Waals surface area contributed by atoms with Crippen LogP contribution in [0.15, 0.2) is 0 Å². The third kappa shape index (κ3) is 1.81. The lowest BCUT2D eigenvalue weighted by molar-refractivity contribution is 0.198. The molecule has 0 unspecified atom stereocenters. The van der Waals surface area contributed by atoms with E-state index in [-0.39, 0.29) is 6.61 Å². The van der Waals surface area contributed by atoms with Crippen LogP contribution in [0.5, 0.6) is 0 Å². The van der Waals surface area contributed by atoms with Crippen LogP contribution in [-0.2, 0) is 13.8 Å². The Bertz CT molecular complexity index is 180. The molecule has 0 aromatic rings. The van der Waals surface area contributed by atoms with Crippen molar-refractivity contribution in [3.8, 4) is 0 Å². The van der Waals surface area contributed by atoms with Crippen molar-refractivity contribution in [3.05, 3.63) is 0 Å². The van der Waals surface area contributed by atoms with Gasteiger partial charge in [0.15, 0.2) is 0 Å². The maximum atomic E-state index is 10.5. The Balaban J connectivity index is 2.63. The molecule has 1 aliphatic heterocycles. The smallest absolute Gasteiger partial charge is 0.237 e. The highest BCUT2D eigenvalue weighted by molar-refractivity contribution is 8.14. The molecule has 0 aromatic carbocycles. The third-order valence-corrected chi connectivity index (χ3v) is 3.21. The molecule has 1 heterocycles. The number of halogens is 1. The summed E-state index contributed by atoms with van der Waals surface area (Å²) in [4.78, 5) is 0. The highest BCUT2D eigenvalue weighted by atomic mass is 35.7. The van der Waals surface area contributed by atoms with E-state index in [1.807, 2.05) is 0 Å². The standard InChI is InChI=1S/C4H7ClO3S/c5-9(6,7)4-1-2-8-3-4/h4H,1-3H2/t4-/m1/s1. The van der Waals surface area contributed by atoms with Gasteiger partial charge in [-0.05, 0) is 6.42 Å². The van der Waals surface area contributed by atoms with Crippen molar-refractivity contribution in [3.63, 3.8) is 0 Å². The summed E-state index contributed by atoms with van der Waals surface area (Å²) in [5.74, 6) is 0. The van der Waals surface area contributed by atoms with Crippen molar-refractivity contribution in [1.82, 2.24) is 0 Å². The Morgan fingerprint density at radius 1 is 1.56 bits per heavy atom. The van der Waals surface area contributed by atoms with Crippen LogP contribution in [0.3, 0.4) is 0 Å². The van der Waals surface area contributed by atoms with Crippen LogP contribution in [0.1, 0.15) is 6.42 Å². The molecule has 1 saturated heterocycles. The minimum Gasteiger partial charge on any atom is -0.380 e. The molecule has 0 aromatic heterocycles. The minimum atomic E-state index is -3.36. The van der Waals surface area contributed by atoms with E-state index in [9.17, 15) is 8.42 Å². The van der Waals surface area contributed by atoms with Crippen LogP contribution < -0.4 is 0 Å². The lowest BCUT2D eigenvalue weighted by Crippen LogP contribution is -2.14. The fourth-order valence-electron chi connectivity index (χ4n) is 0.735. The first-order chi connectivity index (χ1) is 4.11. The number of ether oxygens (including phenoxy) is 1. The molecule has 0 saturated carbocycles. The summed E-state index contributed by atoms with van der Waals surface area (Å²) in [6.45, 7) is 0.766. The van der Waals surface area contributed by atoms with Crippen molar-refractivity contribution in [2.24, 2.45) is 0 Å². The van der Waals surface area contributed by atoms with Gasteiger partial charge in [0, 0.05) is 17.3 Å². The summed E-state index contributed by atoms with van der Waals surface area (Å²) in [5.41, 5.74) is 0. The molecular formula is C4H7ClO3S. The average molecular weight is 171 g/mol. The molecule has 1 aliphatic rings. The fourth-order valence-corrected chi connectivity index (χ4v) is 1.79. The van der Waals surface area contributed by atoms with Gasteiger partial charge < -0.3 is 4.74 Å². The summed E-state index contributed by atoms with van der Waals surface area (Å²) in [5, 5.41) is -0.473. The molecular weight excluding hydrogens is 164 g/mol. The second-order valence-corrected chi connectivity index (χ2v) is 4.87. The van der Waals surface area contributed by atoms with Gasteiger partial charge in [0.25, 0.3) is 0 Å². The Kier molecular flexibility index (Phi) is 1.98. The van der Waals surface area contributed by atoms with Gasteiger partial charge in [-0.25, -0.2) is 8.42 Å². The molecule has 9 heavy (non-hydrogen) atoms. The number of hydrogen-bond acceptors (Lipinski definition) is 3. The first kappa shape index (κ1) is 7.31. The van der Waals surface area contributed by atoms with E-state index in [1.54, 1.807) is 0 Å². The summed E-state index contributed by atoms with van der Waals surface area (Å²) in [7, 11) is 1.68. The van der Waals surface area contributed by atoms with Crippen molar-refractivity contribution in [2.75, 3.05) is 13.2 Å². The van der Waals surface area contributed by atoms with Crippen LogP contribution in [0.25, 0.3) is 0 Å². The largest absolute Gasteiger partial charge is 0.380 e. The summed E-state index contributed by atoms with van der Waals surface area (Å²) >= 11 is 0. The molecule has 54 valence electrons. The molecule has 0 amide bonds. The van der Waals surface area contributed by atoms with Gasteiger partial charge in [-0.1, -0.05) is 0 Å². The molecule has 3 nitrogen and oxygen atoms in total. The predicted octanol–water partition coefficient (Wildman–Crippen LogP) is 0.344. The van der Waals surface area contributed by atoms with Gasteiger partial charge in [-0.3, -0.25) is 0 Å². The SMILES string of the molecule is O=S(=O)(Cl)[C@@H]1CCOC1. The Labute approximate surface area is 58.4 Å². The number of rotatable bonds is 1. The molecule has 0 spiro atoms. The van der Waals surface area contributed by atoms with E-state index >= 15 is 0 Å². The van der Waals surface area contributed by atoms with E-state index in [0.717, 1.165) is 0 Å². The van der Waals surface area contributed by atoms with Crippen LogP contribution in [0.2, 0.25) is 0 Å². The Hall–Kier alpha value is 0.200. The number of hydrogen-bond donors (Lipinski definition) is 0. The molecule has 1 atom stereocenters. The van der Waals surface area contributed by atoms with Crippen molar-refractivity contribution in [1.29, 1.82) is 0 Å². The topological polar surface area (TPSA) is 43.4 Å². The zero-order valence-corrected chi connectivity index (χ0v) is 6.28. The van der Waals surface area contributed by atoms with Crippen LogP contribution in [-0.4, -0.2) is 26.9 Å². The summed E-state index contributed by atoms with van der Waals surface area (Å²) in [6, 6.07) is 0. The van der Waals surface area contributed by atoms with Crippen LogP contribution >= 0.6 is 10.7 Å². The van der Waals surface area contributed by atoms with Crippen molar-refractivity contribution < 1.29 is 13.2 Å². The molecule has 5 heteroatoms. The van der Waals surface area contributed by atoms with E-state index in [2.05, 4.69) is 0 Å². The van der Waals surface area contributed by atoms with Crippen LogP contribution in [0, 0.1) is 0 Å². The van der Waals surface area contributed by atoms with Crippen molar-refractivity contribution >= 4 is 19.7 Å². The maximum Gasteiger partial charge on any atom is 0.237 e. The molecule has 0 radical (unpaired) electrons. The molecule has 0 bridgehead atoms.